The Balaban J connectivity index is 2.69. The molecule has 1 aromatic carbocycles. The number of rotatable bonds is 7. The van der Waals surface area contributed by atoms with E-state index in [1.807, 2.05) is 25.1 Å². The minimum absolute atomic E-state index is 0.0900. The Bertz CT molecular complexity index is 470. The van der Waals surface area contributed by atoms with E-state index in [4.69, 9.17) is 0 Å². The van der Waals surface area contributed by atoms with Crippen LogP contribution in [0.3, 0.4) is 0 Å². The van der Waals surface area contributed by atoms with Crippen LogP contribution in [0.4, 0.5) is 5.69 Å². The van der Waals surface area contributed by atoms with Crippen molar-refractivity contribution in [2.24, 2.45) is 0 Å². The van der Waals surface area contributed by atoms with E-state index in [2.05, 4.69) is 23.9 Å². The molecule has 0 aliphatic rings. The van der Waals surface area contributed by atoms with Gasteiger partial charge in [-0.15, -0.1) is 0 Å². The van der Waals surface area contributed by atoms with Crippen LogP contribution in [0.25, 0.3) is 0 Å². The van der Waals surface area contributed by atoms with E-state index in [9.17, 15) is 8.42 Å². The summed E-state index contributed by atoms with van der Waals surface area (Å²) >= 11 is 0. The summed E-state index contributed by atoms with van der Waals surface area (Å²) in [5.41, 5.74) is 1.76. The first-order valence-electron chi connectivity index (χ1n) is 6.26. The Morgan fingerprint density at radius 3 is 2.61 bits per heavy atom. The molecule has 0 heterocycles. The molecule has 0 aliphatic heterocycles. The van der Waals surface area contributed by atoms with Crippen molar-refractivity contribution in [3.63, 3.8) is 0 Å². The molecule has 18 heavy (non-hydrogen) atoms. The van der Waals surface area contributed by atoms with Crippen LogP contribution in [-0.4, -0.2) is 27.3 Å². The Morgan fingerprint density at radius 1 is 1.28 bits per heavy atom. The largest absolute Gasteiger partial charge is 0.316 e. The number of anilines is 1. The van der Waals surface area contributed by atoms with Crippen LogP contribution in [-0.2, 0) is 10.0 Å². The summed E-state index contributed by atoms with van der Waals surface area (Å²) in [6.45, 7) is 7.36. The van der Waals surface area contributed by atoms with E-state index in [1.54, 1.807) is 6.07 Å². The van der Waals surface area contributed by atoms with Gasteiger partial charge in [0.1, 0.15) is 0 Å². The van der Waals surface area contributed by atoms with E-state index in [0.717, 1.165) is 12.1 Å². The Labute approximate surface area is 110 Å². The van der Waals surface area contributed by atoms with Gasteiger partial charge in [0.25, 0.3) is 0 Å². The molecule has 0 aliphatic carbocycles. The normalized spacial score (nSPS) is 11.8. The summed E-state index contributed by atoms with van der Waals surface area (Å²) in [4.78, 5) is 0. The van der Waals surface area contributed by atoms with E-state index in [0.29, 0.717) is 18.2 Å². The van der Waals surface area contributed by atoms with E-state index in [1.165, 1.54) is 0 Å². The summed E-state index contributed by atoms with van der Waals surface area (Å²) in [6.07, 6.45) is 0. The average Bonchev–Trinajstić information content (AvgIpc) is 2.28. The second-order valence-electron chi connectivity index (χ2n) is 4.55. The SMILES string of the molecule is CCNCCS(=O)(=O)Nc1cccc(C(C)C)c1. The zero-order chi connectivity index (χ0) is 13.6. The van der Waals surface area contributed by atoms with Crippen LogP contribution in [0.15, 0.2) is 24.3 Å². The molecule has 0 radical (unpaired) electrons. The number of nitrogens with one attached hydrogen (secondary N) is 2. The Morgan fingerprint density at radius 2 is 2.00 bits per heavy atom. The minimum Gasteiger partial charge on any atom is -0.316 e. The van der Waals surface area contributed by atoms with E-state index >= 15 is 0 Å². The maximum absolute atomic E-state index is 11.8. The van der Waals surface area contributed by atoms with Crippen molar-refractivity contribution in [2.45, 2.75) is 26.7 Å². The van der Waals surface area contributed by atoms with Crippen molar-refractivity contribution in [3.8, 4) is 0 Å². The fourth-order valence-electron chi connectivity index (χ4n) is 1.58. The topological polar surface area (TPSA) is 58.2 Å². The molecule has 1 aromatic rings. The highest BCUT2D eigenvalue weighted by molar-refractivity contribution is 7.92. The number of hydrogen-bond acceptors (Lipinski definition) is 3. The van der Waals surface area contributed by atoms with Crippen LogP contribution in [0.1, 0.15) is 32.3 Å². The zero-order valence-electron chi connectivity index (χ0n) is 11.2. The first-order chi connectivity index (χ1) is 8.44. The third-order valence-electron chi connectivity index (χ3n) is 2.62. The highest BCUT2D eigenvalue weighted by atomic mass is 32.2. The first-order valence-corrected chi connectivity index (χ1v) is 7.91. The molecule has 0 saturated heterocycles. The summed E-state index contributed by atoms with van der Waals surface area (Å²) in [7, 11) is -3.26. The highest BCUT2D eigenvalue weighted by Gasteiger charge is 2.10. The van der Waals surface area contributed by atoms with E-state index < -0.39 is 10.0 Å². The maximum atomic E-state index is 11.8. The third-order valence-corrected chi connectivity index (χ3v) is 3.91. The van der Waals surface area contributed by atoms with Crippen molar-refractivity contribution in [1.29, 1.82) is 0 Å². The molecule has 0 unspecified atom stereocenters. The lowest BCUT2D eigenvalue weighted by molar-refractivity contribution is 0.597. The lowest BCUT2D eigenvalue weighted by atomic mass is 10.0. The summed E-state index contributed by atoms with van der Waals surface area (Å²) in [5.74, 6) is 0.475. The van der Waals surface area contributed by atoms with Crippen molar-refractivity contribution < 1.29 is 8.42 Å². The third kappa shape index (κ3) is 5.06. The van der Waals surface area contributed by atoms with Crippen LogP contribution < -0.4 is 10.0 Å². The summed E-state index contributed by atoms with van der Waals surface area (Å²) in [6, 6.07) is 7.53. The van der Waals surface area contributed by atoms with Gasteiger partial charge in [0, 0.05) is 12.2 Å². The Kier molecular flexibility index (Phi) is 5.62. The van der Waals surface area contributed by atoms with Gasteiger partial charge in [0.15, 0.2) is 0 Å². The van der Waals surface area contributed by atoms with Gasteiger partial charge in [-0.05, 0) is 30.2 Å². The average molecular weight is 270 g/mol. The lowest BCUT2D eigenvalue weighted by Crippen LogP contribution is -2.26. The summed E-state index contributed by atoms with van der Waals surface area (Å²) in [5, 5.41) is 3.00. The molecule has 0 amide bonds. The van der Waals surface area contributed by atoms with Gasteiger partial charge in [-0.25, -0.2) is 8.42 Å². The molecule has 2 N–H and O–H groups in total. The predicted octanol–water partition coefficient (Wildman–Crippen LogP) is 2.16. The predicted molar refractivity (Wildman–Crippen MR) is 76.5 cm³/mol. The van der Waals surface area contributed by atoms with Gasteiger partial charge in [-0.2, -0.15) is 0 Å². The fraction of sp³-hybridized carbons (Fsp3) is 0.538. The lowest BCUT2D eigenvalue weighted by Gasteiger charge is -2.11. The zero-order valence-corrected chi connectivity index (χ0v) is 12.0. The molecule has 1 rings (SSSR count). The molecular weight excluding hydrogens is 248 g/mol. The van der Waals surface area contributed by atoms with Crippen molar-refractivity contribution >= 4 is 15.7 Å². The van der Waals surface area contributed by atoms with Gasteiger partial charge >= 0.3 is 0 Å². The molecule has 0 bridgehead atoms. The number of sulfonamides is 1. The monoisotopic (exact) mass is 270 g/mol. The molecule has 0 atom stereocenters. The van der Waals surface area contributed by atoms with Crippen LogP contribution in [0.5, 0.6) is 0 Å². The molecule has 4 nitrogen and oxygen atoms in total. The van der Waals surface area contributed by atoms with Gasteiger partial charge < -0.3 is 5.32 Å². The standard InChI is InChI=1S/C13H22N2O2S/c1-4-14-8-9-18(16,17)15-13-7-5-6-12(10-13)11(2)3/h5-7,10-11,14-15H,4,8-9H2,1-3H3. The van der Waals surface area contributed by atoms with Crippen LogP contribution in [0, 0.1) is 0 Å². The second-order valence-corrected chi connectivity index (χ2v) is 6.40. The van der Waals surface area contributed by atoms with Crippen LogP contribution >= 0.6 is 0 Å². The maximum Gasteiger partial charge on any atom is 0.233 e. The summed E-state index contributed by atoms with van der Waals surface area (Å²) < 4.78 is 26.2. The van der Waals surface area contributed by atoms with Crippen molar-refractivity contribution in [1.82, 2.24) is 5.32 Å². The Hall–Kier alpha value is -1.07. The van der Waals surface area contributed by atoms with Gasteiger partial charge in [0.05, 0.1) is 5.75 Å². The first kappa shape index (κ1) is 15.0. The van der Waals surface area contributed by atoms with Gasteiger partial charge in [-0.3, -0.25) is 4.72 Å². The second kappa shape index (κ2) is 6.75. The highest BCUT2D eigenvalue weighted by Crippen LogP contribution is 2.19. The van der Waals surface area contributed by atoms with E-state index in [-0.39, 0.29) is 5.75 Å². The fourth-order valence-corrected chi connectivity index (χ4v) is 2.58. The number of hydrogen-bond donors (Lipinski definition) is 2. The van der Waals surface area contributed by atoms with Gasteiger partial charge in [-0.1, -0.05) is 32.9 Å². The quantitative estimate of drug-likeness (QED) is 0.747. The molecular formula is C13H22N2O2S. The molecule has 0 saturated carbocycles. The minimum atomic E-state index is -3.26. The molecule has 5 heteroatoms. The molecule has 0 fully saturated rings. The van der Waals surface area contributed by atoms with Crippen molar-refractivity contribution in [3.05, 3.63) is 29.8 Å². The van der Waals surface area contributed by atoms with Crippen LogP contribution in [0.2, 0.25) is 0 Å². The van der Waals surface area contributed by atoms with Gasteiger partial charge in [0.2, 0.25) is 10.0 Å². The molecule has 0 aromatic heterocycles. The smallest absolute Gasteiger partial charge is 0.233 e. The molecule has 102 valence electrons. The van der Waals surface area contributed by atoms with Crippen molar-refractivity contribution in [2.75, 3.05) is 23.6 Å². The number of benzene rings is 1. The molecule has 0 spiro atoms.